The van der Waals surface area contributed by atoms with Crippen LogP contribution in [0.15, 0.2) is 0 Å². The molecular weight excluding hydrogens is 486 g/mol. The van der Waals surface area contributed by atoms with E-state index in [0.29, 0.717) is 12.8 Å². The number of rotatable bonds is 21. The summed E-state index contributed by atoms with van der Waals surface area (Å²) in [5, 5.41) is 0. The molecule has 0 unspecified atom stereocenters. The molecule has 0 fully saturated rings. The van der Waals surface area contributed by atoms with E-state index in [9.17, 15) is 25.9 Å². The third-order valence-electron chi connectivity index (χ3n) is 4.33. The van der Waals surface area contributed by atoms with Crippen molar-refractivity contribution in [3.05, 3.63) is 0 Å². The molecule has 0 radical (unpaired) electrons. The third kappa shape index (κ3) is 35.1. The van der Waals surface area contributed by atoms with E-state index < -0.39 is 20.2 Å². The zero-order valence-electron chi connectivity index (χ0n) is 18.8. The summed E-state index contributed by atoms with van der Waals surface area (Å²) < 4.78 is 62.7. The van der Waals surface area contributed by atoms with Crippen molar-refractivity contribution in [1.29, 1.82) is 0 Å². The number of hydrogen-bond acceptors (Lipinski definition) is 8. The van der Waals surface area contributed by atoms with Crippen molar-refractivity contribution in [3.8, 4) is 0 Å². The van der Waals surface area contributed by atoms with Crippen molar-refractivity contribution >= 4 is 41.8 Å². The van der Waals surface area contributed by atoms with E-state index in [1.807, 2.05) is 21.6 Å². The largest absolute Gasteiger partial charge is 1.00 e. The first-order chi connectivity index (χ1) is 13.2. The van der Waals surface area contributed by atoms with Gasteiger partial charge in [0.05, 0.1) is 20.2 Å². The van der Waals surface area contributed by atoms with Crippen molar-refractivity contribution in [1.82, 2.24) is 0 Å². The van der Waals surface area contributed by atoms with Crippen LogP contribution in [0.4, 0.5) is 0 Å². The van der Waals surface area contributed by atoms with Gasteiger partial charge in [-0.1, -0.05) is 85.8 Å². The standard InChI is InChI=1S/C18H38O6S4.2Na/c19-27(20,21)17-13-9-5-1-3-7-11-15-25-26-16-12-8-4-2-6-10-14-18-28(22,23)24;;/h1-18H2,(H,19,20,21)(H,22,23,24);;/q;2*+1/p-2. The van der Waals surface area contributed by atoms with E-state index in [2.05, 4.69) is 0 Å². The van der Waals surface area contributed by atoms with Crippen LogP contribution in [-0.4, -0.2) is 49.0 Å². The van der Waals surface area contributed by atoms with Gasteiger partial charge in [0.25, 0.3) is 0 Å². The van der Waals surface area contributed by atoms with Crippen LogP contribution in [-0.2, 0) is 20.2 Å². The van der Waals surface area contributed by atoms with Crippen LogP contribution in [0.1, 0.15) is 89.9 Å². The Hall–Kier alpha value is 2.52. The van der Waals surface area contributed by atoms with E-state index in [-0.39, 0.29) is 70.6 Å². The van der Waals surface area contributed by atoms with Gasteiger partial charge >= 0.3 is 59.1 Å². The molecule has 0 bridgehead atoms. The molecule has 0 aliphatic carbocycles. The maximum Gasteiger partial charge on any atom is 1.00 e. The summed E-state index contributed by atoms with van der Waals surface area (Å²) in [4.78, 5) is 0. The zero-order valence-corrected chi connectivity index (χ0v) is 26.1. The molecule has 0 aromatic heterocycles. The summed E-state index contributed by atoms with van der Waals surface area (Å²) in [6, 6.07) is 0. The molecule has 0 aliphatic heterocycles. The Bertz CT molecular complexity index is 509. The normalized spacial score (nSPS) is 11.7. The third-order valence-corrected chi connectivity index (χ3v) is 8.48. The Balaban J connectivity index is -0.00000364. The molecule has 0 atom stereocenters. The first kappa shape index (κ1) is 37.1. The van der Waals surface area contributed by atoms with Crippen LogP contribution in [0.3, 0.4) is 0 Å². The maximum absolute atomic E-state index is 10.5. The molecule has 30 heavy (non-hydrogen) atoms. The quantitative estimate of drug-likeness (QED) is 0.0810. The van der Waals surface area contributed by atoms with Gasteiger partial charge in [0.2, 0.25) is 0 Å². The van der Waals surface area contributed by atoms with Crippen molar-refractivity contribution in [2.45, 2.75) is 89.9 Å². The topological polar surface area (TPSA) is 114 Å². The van der Waals surface area contributed by atoms with Crippen LogP contribution in [0, 0.1) is 0 Å². The molecule has 0 aromatic rings. The summed E-state index contributed by atoms with van der Waals surface area (Å²) in [6.45, 7) is 0. The van der Waals surface area contributed by atoms with Gasteiger partial charge in [-0.3, -0.25) is 0 Å². The fourth-order valence-corrected chi connectivity index (χ4v) is 6.17. The molecule has 0 amide bonds. The molecular formula is C18H36Na2O6S4. The first-order valence-electron chi connectivity index (χ1n) is 10.3. The van der Waals surface area contributed by atoms with Crippen molar-refractivity contribution in [3.63, 3.8) is 0 Å². The fraction of sp³-hybridized carbons (Fsp3) is 1.00. The van der Waals surface area contributed by atoms with Gasteiger partial charge in [-0.15, -0.1) is 0 Å². The van der Waals surface area contributed by atoms with E-state index in [1.54, 1.807) is 0 Å². The minimum absolute atomic E-state index is 0. The number of hydrogen-bond donors (Lipinski definition) is 0. The van der Waals surface area contributed by atoms with Crippen LogP contribution in [0.5, 0.6) is 0 Å². The number of unbranched alkanes of at least 4 members (excludes halogenated alkanes) is 12. The van der Waals surface area contributed by atoms with Gasteiger partial charge in [0.1, 0.15) is 0 Å². The monoisotopic (exact) mass is 522 g/mol. The molecule has 170 valence electrons. The average Bonchev–Trinajstić information content (AvgIpc) is 2.58. The Kier molecular flexibility index (Phi) is 30.4. The predicted octanol–water partition coefficient (Wildman–Crippen LogP) is -1.07. The SMILES string of the molecule is O=S(=O)([O-])CCCCCCCCCSSCCCCCCCCCS(=O)(=O)[O-].[Na+].[Na+]. The Morgan fingerprint density at radius 1 is 0.433 bits per heavy atom. The Labute approximate surface area is 237 Å². The smallest absolute Gasteiger partial charge is 0.748 e. The first-order valence-corrected chi connectivity index (χ1v) is 16.0. The van der Waals surface area contributed by atoms with Gasteiger partial charge in [0, 0.05) is 23.0 Å². The summed E-state index contributed by atoms with van der Waals surface area (Å²) >= 11 is 0. The van der Waals surface area contributed by atoms with E-state index in [4.69, 9.17) is 0 Å². The van der Waals surface area contributed by atoms with Gasteiger partial charge in [-0.05, 0) is 25.7 Å². The van der Waals surface area contributed by atoms with Crippen molar-refractivity contribution < 1.29 is 85.1 Å². The van der Waals surface area contributed by atoms with Crippen LogP contribution in [0.25, 0.3) is 0 Å². The molecule has 0 heterocycles. The van der Waals surface area contributed by atoms with Crippen LogP contribution >= 0.6 is 21.6 Å². The van der Waals surface area contributed by atoms with E-state index in [1.165, 1.54) is 50.0 Å². The van der Waals surface area contributed by atoms with Gasteiger partial charge < -0.3 is 9.11 Å². The fourth-order valence-electron chi connectivity index (χ4n) is 2.77. The Morgan fingerprint density at radius 2 is 0.667 bits per heavy atom. The minimum atomic E-state index is -4.03. The predicted molar refractivity (Wildman–Crippen MR) is 119 cm³/mol. The van der Waals surface area contributed by atoms with Gasteiger partial charge in [-0.2, -0.15) is 0 Å². The summed E-state index contributed by atoms with van der Waals surface area (Å²) in [6.07, 6.45) is 14.1. The average molecular weight is 523 g/mol. The van der Waals surface area contributed by atoms with Crippen LogP contribution < -0.4 is 59.1 Å². The zero-order chi connectivity index (χ0) is 21.1. The second-order valence-corrected chi connectivity index (χ2v) is 12.9. The van der Waals surface area contributed by atoms with Crippen molar-refractivity contribution in [2.75, 3.05) is 23.0 Å². The molecule has 0 rings (SSSR count). The molecule has 0 spiro atoms. The summed E-state index contributed by atoms with van der Waals surface area (Å²) in [7, 11) is -4.20. The Morgan fingerprint density at radius 3 is 0.933 bits per heavy atom. The van der Waals surface area contributed by atoms with Gasteiger partial charge in [0.15, 0.2) is 0 Å². The van der Waals surface area contributed by atoms with E-state index >= 15 is 0 Å². The van der Waals surface area contributed by atoms with Crippen molar-refractivity contribution in [2.24, 2.45) is 0 Å². The van der Waals surface area contributed by atoms with Gasteiger partial charge in [-0.25, -0.2) is 16.8 Å². The molecule has 0 N–H and O–H groups in total. The summed E-state index contributed by atoms with van der Waals surface area (Å²) in [5.41, 5.74) is 0. The molecule has 12 heteroatoms. The molecule has 0 saturated carbocycles. The molecule has 0 aliphatic rings. The molecule has 0 aromatic carbocycles. The second kappa shape index (κ2) is 24.6. The van der Waals surface area contributed by atoms with Crippen LogP contribution in [0.2, 0.25) is 0 Å². The maximum atomic E-state index is 10.5. The molecule has 0 saturated heterocycles. The second-order valence-electron chi connectivity index (χ2n) is 7.12. The minimum Gasteiger partial charge on any atom is -0.748 e. The van der Waals surface area contributed by atoms with E-state index in [0.717, 1.165) is 38.5 Å². The molecule has 6 nitrogen and oxygen atoms in total. The summed E-state index contributed by atoms with van der Waals surface area (Å²) in [5.74, 6) is 1.88.